The number of para-hydroxylation sites is 1. The lowest BCUT2D eigenvalue weighted by Gasteiger charge is -2.31. The summed E-state index contributed by atoms with van der Waals surface area (Å²) in [6.45, 7) is 12.4. The molecular weight excluding hydrogens is 366 g/mol. The number of benzene rings is 2. The monoisotopic (exact) mass is 395 g/mol. The van der Waals surface area contributed by atoms with Crippen LogP contribution in [0.2, 0.25) is 0 Å². The summed E-state index contributed by atoms with van der Waals surface area (Å²) in [7, 11) is 0. The second kappa shape index (κ2) is 10.4. The smallest absolute Gasteiger partial charge is 0.333 e. The van der Waals surface area contributed by atoms with E-state index in [0.717, 1.165) is 11.8 Å². The van der Waals surface area contributed by atoms with Gasteiger partial charge in [0.05, 0.1) is 12.1 Å². The number of hydrogen-bond donors (Lipinski definition) is 1. The quantitative estimate of drug-likeness (QED) is 0.401. The normalized spacial score (nSPS) is 13.4. The molecular formula is C24H29NO4. The van der Waals surface area contributed by atoms with E-state index in [1.165, 1.54) is 16.8 Å². The fourth-order valence-electron chi connectivity index (χ4n) is 2.95. The average Bonchev–Trinajstić information content (AvgIpc) is 2.69. The van der Waals surface area contributed by atoms with Gasteiger partial charge in [0, 0.05) is 17.3 Å². The number of ether oxygens (including phenoxy) is 3. The molecule has 2 aromatic rings. The number of carbonyl (C=O) groups is 1. The molecule has 5 heteroatoms. The lowest BCUT2D eigenvalue weighted by Crippen LogP contribution is -2.31. The molecule has 0 saturated heterocycles. The molecule has 0 fully saturated rings. The highest BCUT2D eigenvalue weighted by atomic mass is 16.7. The van der Waals surface area contributed by atoms with Gasteiger partial charge in [0.1, 0.15) is 11.5 Å². The number of carbonyl (C=O) groups excluding carboxylic acids is 1. The van der Waals surface area contributed by atoms with E-state index in [1.54, 1.807) is 12.1 Å². The molecule has 1 aliphatic rings. The minimum Gasteiger partial charge on any atom is -0.494 e. The van der Waals surface area contributed by atoms with E-state index in [4.69, 9.17) is 9.47 Å². The van der Waals surface area contributed by atoms with E-state index in [2.05, 4.69) is 55.6 Å². The minimum atomic E-state index is -0.490. The van der Waals surface area contributed by atoms with Crippen molar-refractivity contribution in [2.75, 3.05) is 18.7 Å². The molecule has 154 valence electrons. The third-order valence-corrected chi connectivity index (χ3v) is 4.10. The van der Waals surface area contributed by atoms with Crippen LogP contribution in [0, 0.1) is 0 Å². The maximum atomic E-state index is 10.6. The van der Waals surface area contributed by atoms with E-state index in [1.807, 2.05) is 31.2 Å². The summed E-state index contributed by atoms with van der Waals surface area (Å²) in [4.78, 5) is 10.6. The van der Waals surface area contributed by atoms with Crippen molar-refractivity contribution >= 4 is 17.2 Å². The second-order valence-corrected chi connectivity index (χ2v) is 7.06. The lowest BCUT2D eigenvalue weighted by molar-refractivity contribution is -0.144. The van der Waals surface area contributed by atoms with Gasteiger partial charge in [0.25, 0.3) is 0 Å². The molecule has 1 N–H and O–H groups in total. The zero-order valence-electron chi connectivity index (χ0n) is 17.5. The number of fused-ring (bicyclic) bond motifs is 1. The molecule has 29 heavy (non-hydrogen) atoms. The average molecular weight is 395 g/mol. The predicted octanol–water partition coefficient (Wildman–Crippen LogP) is 5.44. The molecule has 1 aliphatic heterocycles. The van der Waals surface area contributed by atoms with Crippen molar-refractivity contribution in [1.29, 1.82) is 0 Å². The third kappa shape index (κ3) is 7.03. The van der Waals surface area contributed by atoms with Gasteiger partial charge in [-0.1, -0.05) is 30.9 Å². The summed E-state index contributed by atoms with van der Waals surface area (Å²) in [6.07, 6.45) is 3.35. The Hall–Kier alpha value is -3.21. The second-order valence-electron chi connectivity index (χ2n) is 7.06. The summed E-state index contributed by atoms with van der Waals surface area (Å²) in [5.74, 6) is 1.12. The molecule has 1 heterocycles. The highest BCUT2D eigenvalue weighted by Gasteiger charge is 2.22. The van der Waals surface area contributed by atoms with Gasteiger partial charge in [-0.3, -0.25) is 0 Å². The summed E-state index contributed by atoms with van der Waals surface area (Å²) in [5.41, 5.74) is 3.77. The summed E-state index contributed by atoms with van der Waals surface area (Å²) < 4.78 is 15.2. The molecule has 3 rings (SSSR count). The van der Waals surface area contributed by atoms with Crippen LogP contribution in [0.3, 0.4) is 0 Å². The number of allylic oxidation sites excluding steroid dienone is 1. The van der Waals surface area contributed by atoms with E-state index in [9.17, 15) is 4.79 Å². The highest BCUT2D eigenvalue weighted by Crippen LogP contribution is 2.35. The van der Waals surface area contributed by atoms with Crippen molar-refractivity contribution in [3.63, 3.8) is 0 Å². The number of rotatable bonds is 6. The molecule has 0 unspecified atom stereocenters. The highest BCUT2D eigenvalue weighted by molar-refractivity contribution is 5.81. The van der Waals surface area contributed by atoms with Crippen LogP contribution in [0.25, 0.3) is 5.57 Å². The van der Waals surface area contributed by atoms with Crippen molar-refractivity contribution in [2.24, 2.45) is 0 Å². The van der Waals surface area contributed by atoms with Crippen LogP contribution in [0.1, 0.15) is 33.3 Å². The van der Waals surface area contributed by atoms with Crippen molar-refractivity contribution < 1.29 is 19.0 Å². The molecule has 0 spiro atoms. The van der Waals surface area contributed by atoms with Crippen LogP contribution in [-0.4, -0.2) is 24.9 Å². The van der Waals surface area contributed by atoms with Crippen LogP contribution in [-0.2, 0) is 9.53 Å². The zero-order valence-corrected chi connectivity index (χ0v) is 17.5. The largest absolute Gasteiger partial charge is 0.494 e. The first-order valence-electron chi connectivity index (χ1n) is 9.56. The van der Waals surface area contributed by atoms with Crippen LogP contribution in [0.15, 0.2) is 67.3 Å². The third-order valence-electron chi connectivity index (χ3n) is 4.10. The van der Waals surface area contributed by atoms with Crippen LogP contribution < -0.4 is 14.8 Å². The first-order valence-corrected chi connectivity index (χ1v) is 9.56. The summed E-state index contributed by atoms with van der Waals surface area (Å²) in [5, 5.41) is 3.50. The standard InChI is InChI=1S/C14H19NO.C10H10O3/c1-5-16-11-6-7-13-12(8-11)10(2)9-14(3,4)15-13;1-2-10(11)13-8-12-9-6-4-3-5-7-9/h6-9,15H,5H2,1-4H3;2-7H,1,8H2. The number of hydrogen-bond acceptors (Lipinski definition) is 5. The number of esters is 1. The van der Waals surface area contributed by atoms with E-state index >= 15 is 0 Å². The van der Waals surface area contributed by atoms with Crippen molar-refractivity contribution in [1.82, 2.24) is 0 Å². The Morgan fingerprint density at radius 1 is 1.10 bits per heavy atom. The summed E-state index contributed by atoms with van der Waals surface area (Å²) in [6, 6.07) is 15.3. The number of anilines is 1. The number of nitrogens with one attached hydrogen (secondary N) is 1. The SMILES string of the molecule is C=CC(=O)OCOc1ccccc1.CCOc1ccc2c(c1)C(C)=CC(C)(C)N2. The predicted molar refractivity (Wildman–Crippen MR) is 117 cm³/mol. The Bertz CT molecular complexity index is 856. The first-order chi connectivity index (χ1) is 13.8. The Kier molecular flexibility index (Phi) is 7.89. The molecule has 0 amide bonds. The summed E-state index contributed by atoms with van der Waals surface area (Å²) >= 11 is 0. The lowest BCUT2D eigenvalue weighted by atomic mass is 9.91. The molecule has 0 radical (unpaired) electrons. The van der Waals surface area contributed by atoms with Crippen molar-refractivity contribution in [2.45, 2.75) is 33.2 Å². The van der Waals surface area contributed by atoms with Crippen LogP contribution >= 0.6 is 0 Å². The van der Waals surface area contributed by atoms with E-state index < -0.39 is 5.97 Å². The maximum Gasteiger partial charge on any atom is 0.333 e. The maximum absolute atomic E-state index is 10.6. The van der Waals surface area contributed by atoms with Gasteiger partial charge >= 0.3 is 5.97 Å². The van der Waals surface area contributed by atoms with Crippen LogP contribution in [0.5, 0.6) is 11.5 Å². The Morgan fingerprint density at radius 3 is 2.48 bits per heavy atom. The molecule has 0 aliphatic carbocycles. The van der Waals surface area contributed by atoms with Crippen molar-refractivity contribution in [3.05, 3.63) is 72.8 Å². The van der Waals surface area contributed by atoms with E-state index in [-0.39, 0.29) is 12.3 Å². The van der Waals surface area contributed by atoms with Gasteiger partial charge in [-0.25, -0.2) is 4.79 Å². The Balaban J connectivity index is 0.000000212. The van der Waals surface area contributed by atoms with Gasteiger partial charge < -0.3 is 19.5 Å². The Morgan fingerprint density at radius 2 is 1.83 bits per heavy atom. The molecule has 0 aromatic heterocycles. The van der Waals surface area contributed by atoms with Gasteiger partial charge in [-0.15, -0.1) is 0 Å². The van der Waals surface area contributed by atoms with Gasteiger partial charge in [-0.2, -0.15) is 0 Å². The topological polar surface area (TPSA) is 56.8 Å². The fraction of sp³-hybridized carbons (Fsp3) is 0.292. The van der Waals surface area contributed by atoms with Gasteiger partial charge in [0.2, 0.25) is 6.79 Å². The van der Waals surface area contributed by atoms with Crippen LogP contribution in [0.4, 0.5) is 5.69 Å². The Labute approximate surface area is 173 Å². The minimum absolute atomic E-state index is 0.0320. The van der Waals surface area contributed by atoms with Gasteiger partial charge in [-0.05, 0) is 63.6 Å². The molecule has 0 atom stereocenters. The van der Waals surface area contributed by atoms with Gasteiger partial charge in [0.15, 0.2) is 0 Å². The first kappa shape index (κ1) is 22.1. The molecule has 2 aromatic carbocycles. The molecule has 0 bridgehead atoms. The van der Waals surface area contributed by atoms with E-state index in [0.29, 0.717) is 12.4 Å². The molecule has 5 nitrogen and oxygen atoms in total. The van der Waals surface area contributed by atoms with Crippen molar-refractivity contribution in [3.8, 4) is 11.5 Å². The molecule has 0 saturated carbocycles. The fourth-order valence-corrected chi connectivity index (χ4v) is 2.95. The zero-order chi connectivity index (χ0) is 21.3.